The van der Waals surface area contributed by atoms with Gasteiger partial charge in [-0.1, -0.05) is 60.7 Å². The van der Waals surface area contributed by atoms with Crippen LogP contribution in [0.5, 0.6) is 0 Å². The molecular weight excluding hydrogens is 298 g/mol. The van der Waals surface area contributed by atoms with Crippen LogP contribution in [-0.4, -0.2) is 15.9 Å². The van der Waals surface area contributed by atoms with Crippen molar-refractivity contribution in [3.8, 4) is 11.4 Å². The van der Waals surface area contributed by atoms with Crippen LogP contribution >= 0.6 is 0 Å². The second-order valence-corrected chi connectivity index (χ2v) is 5.66. The summed E-state index contributed by atoms with van der Waals surface area (Å²) in [6.45, 7) is 3.79. The van der Waals surface area contributed by atoms with Crippen molar-refractivity contribution < 1.29 is 4.79 Å². The van der Waals surface area contributed by atoms with Crippen molar-refractivity contribution >= 4 is 5.91 Å². The number of hydrogen-bond acceptors (Lipinski definition) is 3. The molecular formula is C20H19N3O. The highest BCUT2D eigenvalue weighted by molar-refractivity contribution is 5.95. The summed E-state index contributed by atoms with van der Waals surface area (Å²) in [5, 5.41) is 2.99. The zero-order valence-corrected chi connectivity index (χ0v) is 13.7. The first-order valence-corrected chi connectivity index (χ1v) is 7.90. The summed E-state index contributed by atoms with van der Waals surface area (Å²) in [5.74, 6) is 0.462. The summed E-state index contributed by atoms with van der Waals surface area (Å²) in [4.78, 5) is 21.3. The molecule has 2 aromatic carbocycles. The first kappa shape index (κ1) is 15.9. The van der Waals surface area contributed by atoms with Gasteiger partial charge in [0, 0.05) is 11.8 Å². The van der Waals surface area contributed by atoms with Crippen LogP contribution < -0.4 is 5.32 Å². The average Bonchev–Trinajstić information content (AvgIpc) is 2.63. The van der Waals surface area contributed by atoms with Crippen LogP contribution in [0.1, 0.15) is 34.6 Å². The Bertz CT molecular complexity index is 832. The first-order chi connectivity index (χ1) is 11.6. The number of amides is 1. The lowest BCUT2D eigenvalue weighted by Crippen LogP contribution is -2.27. The van der Waals surface area contributed by atoms with E-state index in [2.05, 4.69) is 15.3 Å². The summed E-state index contributed by atoms with van der Waals surface area (Å²) < 4.78 is 0. The van der Waals surface area contributed by atoms with Crippen molar-refractivity contribution in [2.75, 3.05) is 0 Å². The van der Waals surface area contributed by atoms with E-state index < -0.39 is 0 Å². The number of carbonyl (C=O) groups excluding carboxylic acids is 1. The molecule has 1 aromatic heterocycles. The molecule has 0 saturated carbocycles. The lowest BCUT2D eigenvalue weighted by molar-refractivity contribution is 0.0938. The van der Waals surface area contributed by atoms with Crippen LogP contribution in [0.4, 0.5) is 0 Å². The molecule has 0 bridgehead atoms. The highest BCUT2D eigenvalue weighted by Gasteiger charge is 2.15. The molecule has 4 heteroatoms. The van der Waals surface area contributed by atoms with Gasteiger partial charge in [-0.2, -0.15) is 0 Å². The van der Waals surface area contributed by atoms with E-state index in [9.17, 15) is 4.79 Å². The van der Waals surface area contributed by atoms with E-state index in [1.165, 1.54) is 0 Å². The fourth-order valence-electron chi connectivity index (χ4n) is 2.52. The maximum Gasteiger partial charge on any atom is 0.255 e. The van der Waals surface area contributed by atoms with E-state index in [0.717, 1.165) is 11.1 Å². The van der Waals surface area contributed by atoms with Crippen molar-refractivity contribution in [1.82, 2.24) is 15.3 Å². The van der Waals surface area contributed by atoms with Crippen molar-refractivity contribution in [2.45, 2.75) is 19.9 Å². The molecule has 0 aliphatic heterocycles. The van der Waals surface area contributed by atoms with Gasteiger partial charge in [-0.15, -0.1) is 0 Å². The third-order valence-electron chi connectivity index (χ3n) is 3.90. The molecule has 0 aliphatic rings. The third kappa shape index (κ3) is 3.49. The Hall–Kier alpha value is -3.01. The quantitative estimate of drug-likeness (QED) is 0.793. The summed E-state index contributed by atoms with van der Waals surface area (Å²) in [6, 6.07) is 19.5. The summed E-state index contributed by atoms with van der Waals surface area (Å²) in [6.07, 6.45) is 1.59. The van der Waals surface area contributed by atoms with Gasteiger partial charge in [0.1, 0.15) is 0 Å². The van der Waals surface area contributed by atoms with Gasteiger partial charge in [-0.25, -0.2) is 9.97 Å². The Balaban J connectivity index is 1.78. The monoisotopic (exact) mass is 317 g/mol. The largest absolute Gasteiger partial charge is 0.345 e. The number of rotatable bonds is 4. The van der Waals surface area contributed by atoms with Gasteiger partial charge < -0.3 is 5.32 Å². The predicted molar refractivity (Wildman–Crippen MR) is 94.5 cm³/mol. The standard InChI is InChI=1S/C20H19N3O/c1-14(16-9-5-3-6-10-16)23-20(24)18-13-21-19(22-15(18)2)17-11-7-4-8-12-17/h3-14H,1-2H3,(H,23,24). The van der Waals surface area contributed by atoms with E-state index in [1.54, 1.807) is 6.20 Å². The normalized spacial score (nSPS) is 11.8. The molecule has 0 radical (unpaired) electrons. The molecule has 0 aliphatic carbocycles. The van der Waals surface area contributed by atoms with Crippen LogP contribution in [0.15, 0.2) is 66.9 Å². The van der Waals surface area contributed by atoms with Crippen LogP contribution in [-0.2, 0) is 0 Å². The van der Waals surface area contributed by atoms with Crippen molar-refractivity contribution in [3.05, 3.63) is 83.7 Å². The SMILES string of the molecule is Cc1nc(-c2ccccc2)ncc1C(=O)NC(C)c1ccccc1. The van der Waals surface area contributed by atoms with E-state index >= 15 is 0 Å². The van der Waals surface area contributed by atoms with Crippen molar-refractivity contribution in [2.24, 2.45) is 0 Å². The smallest absolute Gasteiger partial charge is 0.255 e. The molecule has 1 heterocycles. The zero-order valence-electron chi connectivity index (χ0n) is 13.7. The Morgan fingerprint density at radius 2 is 1.62 bits per heavy atom. The number of aryl methyl sites for hydroxylation is 1. The Morgan fingerprint density at radius 3 is 2.25 bits per heavy atom. The lowest BCUT2D eigenvalue weighted by Gasteiger charge is -2.15. The minimum absolute atomic E-state index is 0.0769. The fourth-order valence-corrected chi connectivity index (χ4v) is 2.52. The Labute approximate surface area is 141 Å². The van der Waals surface area contributed by atoms with Gasteiger partial charge in [-0.05, 0) is 19.4 Å². The summed E-state index contributed by atoms with van der Waals surface area (Å²) in [7, 11) is 0. The Morgan fingerprint density at radius 1 is 1.00 bits per heavy atom. The number of nitrogens with one attached hydrogen (secondary N) is 1. The summed E-state index contributed by atoms with van der Waals surface area (Å²) >= 11 is 0. The number of nitrogens with zero attached hydrogens (tertiary/aromatic N) is 2. The van der Waals surface area contributed by atoms with E-state index in [4.69, 9.17) is 0 Å². The molecule has 1 amide bonds. The molecule has 1 atom stereocenters. The number of aromatic nitrogens is 2. The maximum absolute atomic E-state index is 12.5. The van der Waals surface area contributed by atoms with Crippen molar-refractivity contribution in [3.63, 3.8) is 0 Å². The van der Waals surface area contributed by atoms with Crippen LogP contribution in [0.3, 0.4) is 0 Å². The molecule has 24 heavy (non-hydrogen) atoms. The lowest BCUT2D eigenvalue weighted by atomic mass is 10.1. The highest BCUT2D eigenvalue weighted by atomic mass is 16.1. The van der Waals surface area contributed by atoms with Crippen molar-refractivity contribution in [1.29, 1.82) is 0 Å². The number of benzene rings is 2. The highest BCUT2D eigenvalue weighted by Crippen LogP contribution is 2.17. The van der Waals surface area contributed by atoms with Crippen LogP contribution in [0.2, 0.25) is 0 Å². The minimum atomic E-state index is -0.163. The van der Waals surface area contributed by atoms with Gasteiger partial charge >= 0.3 is 0 Å². The van der Waals surface area contributed by atoms with E-state index in [-0.39, 0.29) is 11.9 Å². The fraction of sp³-hybridized carbons (Fsp3) is 0.150. The number of hydrogen-bond donors (Lipinski definition) is 1. The molecule has 1 N–H and O–H groups in total. The van der Waals surface area contributed by atoms with Gasteiger partial charge in [0.2, 0.25) is 0 Å². The maximum atomic E-state index is 12.5. The van der Waals surface area contributed by atoms with E-state index in [0.29, 0.717) is 17.1 Å². The Kier molecular flexibility index (Phi) is 4.66. The molecule has 3 rings (SSSR count). The van der Waals surface area contributed by atoms with Crippen LogP contribution in [0.25, 0.3) is 11.4 Å². The second kappa shape index (κ2) is 7.04. The number of carbonyl (C=O) groups is 1. The van der Waals surface area contributed by atoms with Gasteiger partial charge in [0.25, 0.3) is 5.91 Å². The molecule has 0 fully saturated rings. The first-order valence-electron chi connectivity index (χ1n) is 7.90. The average molecular weight is 317 g/mol. The van der Waals surface area contributed by atoms with Gasteiger partial charge in [0.05, 0.1) is 17.3 Å². The molecule has 3 aromatic rings. The second-order valence-electron chi connectivity index (χ2n) is 5.66. The van der Waals surface area contributed by atoms with Crippen LogP contribution in [0, 0.1) is 6.92 Å². The van der Waals surface area contributed by atoms with Gasteiger partial charge in [-0.3, -0.25) is 4.79 Å². The summed E-state index contributed by atoms with van der Waals surface area (Å²) in [5.41, 5.74) is 3.16. The van der Waals surface area contributed by atoms with Gasteiger partial charge in [0.15, 0.2) is 5.82 Å². The topological polar surface area (TPSA) is 54.9 Å². The molecule has 0 spiro atoms. The predicted octanol–water partition coefficient (Wildman–Crippen LogP) is 3.94. The molecule has 1 unspecified atom stereocenters. The van der Waals surface area contributed by atoms with E-state index in [1.807, 2.05) is 74.5 Å². The molecule has 0 saturated heterocycles. The zero-order chi connectivity index (χ0) is 16.9. The minimum Gasteiger partial charge on any atom is -0.345 e. The third-order valence-corrected chi connectivity index (χ3v) is 3.90. The molecule has 4 nitrogen and oxygen atoms in total. The molecule has 120 valence electrons.